The van der Waals surface area contributed by atoms with E-state index in [4.69, 9.17) is 19.2 Å². The Bertz CT molecular complexity index is 1080. The van der Waals surface area contributed by atoms with Gasteiger partial charge >= 0.3 is 0 Å². The molecule has 3 aromatic rings. The number of ether oxygens (including phenoxy) is 3. The van der Waals surface area contributed by atoms with Gasteiger partial charge in [-0.15, -0.1) is 12.4 Å². The molecule has 0 bridgehead atoms. The summed E-state index contributed by atoms with van der Waals surface area (Å²) >= 11 is 1.50. The van der Waals surface area contributed by atoms with Crippen molar-refractivity contribution < 1.29 is 19.0 Å². The molecule has 0 atom stereocenters. The SMILES string of the molecule is COc1ccc2nc(N(CCCN3CCOCC3)C(=O)COc3ccc(C(C)C)cc3)sc2c1.Cl. The Balaban J connectivity index is 0.00000342. The van der Waals surface area contributed by atoms with E-state index in [-0.39, 0.29) is 24.9 Å². The van der Waals surface area contributed by atoms with Gasteiger partial charge in [0.05, 0.1) is 30.5 Å². The summed E-state index contributed by atoms with van der Waals surface area (Å²) in [6.07, 6.45) is 0.855. The lowest BCUT2D eigenvalue weighted by atomic mass is 10.0. The first kappa shape index (κ1) is 27.2. The van der Waals surface area contributed by atoms with Crippen molar-refractivity contribution in [2.24, 2.45) is 0 Å². The van der Waals surface area contributed by atoms with Gasteiger partial charge in [-0.25, -0.2) is 4.98 Å². The van der Waals surface area contributed by atoms with Crippen LogP contribution in [0.25, 0.3) is 10.2 Å². The second kappa shape index (κ2) is 13.1. The summed E-state index contributed by atoms with van der Waals surface area (Å²) in [5.41, 5.74) is 2.10. The summed E-state index contributed by atoms with van der Waals surface area (Å²) < 4.78 is 17.6. The third kappa shape index (κ3) is 7.30. The second-order valence-corrected chi connectivity index (χ2v) is 9.70. The summed E-state index contributed by atoms with van der Waals surface area (Å²) in [5, 5.41) is 0.689. The molecule has 4 rings (SSSR count). The first-order chi connectivity index (χ1) is 16.5. The van der Waals surface area contributed by atoms with Crippen LogP contribution in [0.2, 0.25) is 0 Å². The molecular weight excluding hydrogens is 486 g/mol. The average molecular weight is 520 g/mol. The van der Waals surface area contributed by atoms with Crippen molar-refractivity contribution in [2.45, 2.75) is 26.2 Å². The number of hydrogen-bond acceptors (Lipinski definition) is 7. The minimum Gasteiger partial charge on any atom is -0.497 e. The van der Waals surface area contributed by atoms with Crippen LogP contribution >= 0.6 is 23.7 Å². The highest BCUT2D eigenvalue weighted by atomic mass is 35.5. The van der Waals surface area contributed by atoms with Crippen LogP contribution < -0.4 is 14.4 Å². The van der Waals surface area contributed by atoms with Gasteiger partial charge in [0.15, 0.2) is 11.7 Å². The van der Waals surface area contributed by atoms with E-state index in [1.165, 1.54) is 16.9 Å². The molecule has 7 nitrogen and oxygen atoms in total. The molecular formula is C26H34ClN3O4S. The molecule has 1 amide bonds. The van der Waals surface area contributed by atoms with Crippen LogP contribution in [0.5, 0.6) is 11.5 Å². The fourth-order valence-electron chi connectivity index (χ4n) is 3.91. The number of fused-ring (bicyclic) bond motifs is 1. The van der Waals surface area contributed by atoms with Crippen LogP contribution in [0.3, 0.4) is 0 Å². The standard InChI is InChI=1S/C26H33N3O4S.ClH/c1-19(2)20-5-7-21(8-6-20)33-18-25(30)29(12-4-11-28-13-15-32-16-14-28)26-27-23-10-9-22(31-3)17-24(23)34-26;/h5-10,17,19H,4,11-16,18H2,1-3H3;1H. The maximum absolute atomic E-state index is 13.3. The number of carbonyl (C=O) groups is 1. The Morgan fingerprint density at radius 3 is 2.54 bits per heavy atom. The zero-order valence-electron chi connectivity index (χ0n) is 20.6. The molecule has 35 heavy (non-hydrogen) atoms. The van der Waals surface area contributed by atoms with Gasteiger partial charge in [-0.05, 0) is 48.2 Å². The molecule has 1 aromatic heterocycles. The monoisotopic (exact) mass is 519 g/mol. The number of hydrogen-bond donors (Lipinski definition) is 0. The summed E-state index contributed by atoms with van der Waals surface area (Å²) in [7, 11) is 1.65. The van der Waals surface area contributed by atoms with Gasteiger partial charge in [-0.2, -0.15) is 0 Å². The van der Waals surface area contributed by atoms with Crippen LogP contribution in [0.1, 0.15) is 31.7 Å². The fraction of sp³-hybridized carbons (Fsp3) is 0.462. The van der Waals surface area contributed by atoms with Gasteiger partial charge in [0.2, 0.25) is 0 Å². The second-order valence-electron chi connectivity index (χ2n) is 8.70. The molecule has 1 saturated heterocycles. The third-order valence-corrected chi connectivity index (χ3v) is 7.03. The quantitative estimate of drug-likeness (QED) is 0.376. The summed E-state index contributed by atoms with van der Waals surface area (Å²) in [4.78, 5) is 22.2. The van der Waals surface area contributed by atoms with Gasteiger partial charge in [0.1, 0.15) is 11.5 Å². The highest BCUT2D eigenvalue weighted by Gasteiger charge is 2.21. The highest BCUT2D eigenvalue weighted by Crippen LogP contribution is 2.32. The maximum Gasteiger partial charge on any atom is 0.266 e. The number of nitrogens with zero attached hydrogens (tertiary/aromatic N) is 3. The molecule has 0 N–H and O–H groups in total. The van der Waals surface area contributed by atoms with Gasteiger partial charge in [-0.3, -0.25) is 14.6 Å². The number of morpholine rings is 1. The molecule has 1 aliphatic heterocycles. The van der Waals surface area contributed by atoms with E-state index >= 15 is 0 Å². The maximum atomic E-state index is 13.3. The molecule has 0 radical (unpaired) electrons. The van der Waals surface area contributed by atoms with E-state index in [0.717, 1.165) is 55.2 Å². The van der Waals surface area contributed by atoms with E-state index < -0.39 is 0 Å². The largest absolute Gasteiger partial charge is 0.497 e. The minimum absolute atomic E-state index is 0. The van der Waals surface area contributed by atoms with Crippen molar-refractivity contribution in [3.8, 4) is 11.5 Å². The van der Waals surface area contributed by atoms with Crippen molar-refractivity contribution in [2.75, 3.05) is 58.0 Å². The van der Waals surface area contributed by atoms with Crippen molar-refractivity contribution in [1.82, 2.24) is 9.88 Å². The van der Waals surface area contributed by atoms with Crippen molar-refractivity contribution in [1.29, 1.82) is 0 Å². The first-order valence-corrected chi connectivity index (χ1v) is 12.6. The molecule has 0 spiro atoms. The van der Waals surface area contributed by atoms with Crippen molar-refractivity contribution in [3.63, 3.8) is 0 Å². The topological polar surface area (TPSA) is 64.1 Å². The Morgan fingerprint density at radius 2 is 1.86 bits per heavy atom. The predicted octanol–water partition coefficient (Wildman–Crippen LogP) is 4.98. The van der Waals surface area contributed by atoms with E-state index in [2.05, 4.69) is 18.7 Å². The van der Waals surface area contributed by atoms with E-state index in [0.29, 0.717) is 23.3 Å². The number of methoxy groups -OCH3 is 1. The number of benzene rings is 2. The van der Waals surface area contributed by atoms with Crippen LogP contribution in [-0.2, 0) is 9.53 Å². The number of halogens is 1. The van der Waals surface area contributed by atoms with Gasteiger partial charge in [0, 0.05) is 26.2 Å². The van der Waals surface area contributed by atoms with E-state index in [1.54, 1.807) is 12.0 Å². The molecule has 0 unspecified atom stereocenters. The van der Waals surface area contributed by atoms with Gasteiger partial charge < -0.3 is 14.2 Å². The van der Waals surface area contributed by atoms with E-state index in [9.17, 15) is 4.79 Å². The third-order valence-electron chi connectivity index (χ3n) is 5.99. The van der Waals surface area contributed by atoms with Crippen LogP contribution in [0.15, 0.2) is 42.5 Å². The first-order valence-electron chi connectivity index (χ1n) is 11.8. The summed E-state index contributed by atoms with van der Waals surface area (Å²) in [6.45, 7) is 9.19. The molecule has 1 fully saturated rings. The number of rotatable bonds is 10. The van der Waals surface area contributed by atoms with E-state index in [1.807, 2.05) is 42.5 Å². The zero-order chi connectivity index (χ0) is 23.9. The fourth-order valence-corrected chi connectivity index (χ4v) is 4.95. The number of carbonyl (C=O) groups excluding carboxylic acids is 1. The Hall–Kier alpha value is -2.39. The number of thiazole rings is 1. The van der Waals surface area contributed by atoms with Crippen molar-refractivity contribution >= 4 is 45.0 Å². The average Bonchev–Trinajstić information content (AvgIpc) is 3.29. The van der Waals surface area contributed by atoms with Crippen molar-refractivity contribution in [3.05, 3.63) is 48.0 Å². The van der Waals surface area contributed by atoms with Gasteiger partial charge in [0.25, 0.3) is 5.91 Å². The van der Waals surface area contributed by atoms with Crippen LogP contribution in [0, 0.1) is 0 Å². The van der Waals surface area contributed by atoms with Crippen LogP contribution in [0.4, 0.5) is 5.13 Å². The lowest BCUT2D eigenvalue weighted by Crippen LogP contribution is -2.40. The zero-order valence-corrected chi connectivity index (χ0v) is 22.2. The normalized spacial score (nSPS) is 14.1. The molecule has 190 valence electrons. The van der Waals surface area contributed by atoms with Gasteiger partial charge in [-0.1, -0.05) is 37.3 Å². The number of anilines is 1. The minimum atomic E-state index is -0.0964. The lowest BCUT2D eigenvalue weighted by Gasteiger charge is -2.27. The Labute approximate surface area is 217 Å². The van der Waals surface area contributed by atoms with Crippen LogP contribution in [-0.4, -0.2) is 68.9 Å². The summed E-state index contributed by atoms with van der Waals surface area (Å²) in [5.74, 6) is 1.83. The molecule has 0 saturated carbocycles. The lowest BCUT2D eigenvalue weighted by molar-refractivity contribution is -0.120. The Morgan fingerprint density at radius 1 is 1.14 bits per heavy atom. The highest BCUT2D eigenvalue weighted by molar-refractivity contribution is 7.22. The molecule has 9 heteroatoms. The number of aromatic nitrogens is 1. The predicted molar refractivity (Wildman–Crippen MR) is 144 cm³/mol. The smallest absolute Gasteiger partial charge is 0.266 e. The molecule has 1 aliphatic rings. The Kier molecular flexibility index (Phi) is 10.2. The summed E-state index contributed by atoms with van der Waals surface area (Å²) in [6, 6.07) is 13.7. The number of amides is 1. The molecule has 2 heterocycles. The molecule has 0 aliphatic carbocycles. The molecule has 2 aromatic carbocycles.